The van der Waals surface area contributed by atoms with Crippen molar-refractivity contribution in [1.82, 2.24) is 4.90 Å². The molecular weight excluding hydrogens is 188 g/mol. The van der Waals surface area contributed by atoms with Gasteiger partial charge in [0.05, 0.1) is 6.04 Å². The lowest BCUT2D eigenvalue weighted by Gasteiger charge is -2.22. The van der Waals surface area contributed by atoms with Gasteiger partial charge in [0.1, 0.15) is 0 Å². The number of likely N-dealkylation sites (N-methyl/N-ethyl adjacent to an activating group) is 1. The molecule has 82 valence electrons. The number of hydrogen-bond donors (Lipinski definition) is 1. The molecule has 1 amide bonds. The van der Waals surface area contributed by atoms with Gasteiger partial charge in [0.25, 0.3) is 0 Å². The van der Waals surface area contributed by atoms with Gasteiger partial charge in [0, 0.05) is 13.1 Å². The SMILES string of the molecule is CCN(Cc1ccccc1)C(=O)[C@H](C)N. The van der Waals surface area contributed by atoms with Crippen LogP contribution < -0.4 is 5.73 Å². The molecule has 15 heavy (non-hydrogen) atoms. The van der Waals surface area contributed by atoms with E-state index in [0.717, 1.165) is 5.56 Å². The highest BCUT2D eigenvalue weighted by Gasteiger charge is 2.15. The molecule has 1 rings (SSSR count). The van der Waals surface area contributed by atoms with Crippen molar-refractivity contribution >= 4 is 5.91 Å². The highest BCUT2D eigenvalue weighted by Crippen LogP contribution is 2.05. The van der Waals surface area contributed by atoms with E-state index in [9.17, 15) is 4.79 Å². The Morgan fingerprint density at radius 1 is 1.40 bits per heavy atom. The average molecular weight is 206 g/mol. The minimum absolute atomic E-state index is 0.00125. The molecule has 1 atom stereocenters. The predicted molar refractivity (Wildman–Crippen MR) is 61.2 cm³/mol. The molecule has 0 radical (unpaired) electrons. The summed E-state index contributed by atoms with van der Waals surface area (Å²) in [4.78, 5) is 13.4. The molecule has 1 aromatic carbocycles. The largest absolute Gasteiger partial charge is 0.337 e. The summed E-state index contributed by atoms with van der Waals surface area (Å²) < 4.78 is 0. The van der Waals surface area contributed by atoms with Gasteiger partial charge in [-0.15, -0.1) is 0 Å². The zero-order chi connectivity index (χ0) is 11.3. The van der Waals surface area contributed by atoms with Gasteiger partial charge in [0.2, 0.25) is 5.91 Å². The minimum Gasteiger partial charge on any atom is -0.337 e. The van der Waals surface area contributed by atoms with Crippen LogP contribution in [0.5, 0.6) is 0 Å². The van der Waals surface area contributed by atoms with Gasteiger partial charge >= 0.3 is 0 Å². The molecule has 0 aliphatic rings. The van der Waals surface area contributed by atoms with E-state index in [4.69, 9.17) is 5.73 Å². The van der Waals surface area contributed by atoms with Crippen LogP contribution in [-0.4, -0.2) is 23.4 Å². The molecule has 0 fully saturated rings. The molecule has 0 heterocycles. The van der Waals surface area contributed by atoms with E-state index in [1.54, 1.807) is 11.8 Å². The van der Waals surface area contributed by atoms with Gasteiger partial charge in [-0.05, 0) is 19.4 Å². The fourth-order valence-corrected chi connectivity index (χ4v) is 1.44. The van der Waals surface area contributed by atoms with Crippen LogP contribution in [0.2, 0.25) is 0 Å². The van der Waals surface area contributed by atoms with Crippen LogP contribution in [0.25, 0.3) is 0 Å². The van der Waals surface area contributed by atoms with Crippen LogP contribution in [0.3, 0.4) is 0 Å². The van der Waals surface area contributed by atoms with Crippen LogP contribution in [0.15, 0.2) is 30.3 Å². The average Bonchev–Trinajstić information content (AvgIpc) is 2.26. The van der Waals surface area contributed by atoms with E-state index in [1.807, 2.05) is 37.3 Å². The normalized spacial score (nSPS) is 12.2. The van der Waals surface area contributed by atoms with Gasteiger partial charge in [-0.25, -0.2) is 0 Å². The topological polar surface area (TPSA) is 46.3 Å². The molecule has 0 saturated heterocycles. The molecule has 1 aromatic rings. The Hall–Kier alpha value is -1.35. The maximum Gasteiger partial charge on any atom is 0.239 e. The Morgan fingerprint density at radius 2 is 2.00 bits per heavy atom. The second-order valence-electron chi connectivity index (χ2n) is 3.63. The molecule has 0 aromatic heterocycles. The Labute approximate surface area is 90.9 Å². The second-order valence-corrected chi connectivity index (χ2v) is 3.63. The number of amides is 1. The summed E-state index contributed by atoms with van der Waals surface area (Å²) in [5.41, 5.74) is 6.71. The molecule has 0 aliphatic heterocycles. The van der Waals surface area contributed by atoms with Crippen LogP contribution in [0.1, 0.15) is 19.4 Å². The summed E-state index contributed by atoms with van der Waals surface area (Å²) >= 11 is 0. The quantitative estimate of drug-likeness (QED) is 0.809. The Balaban J connectivity index is 2.66. The summed E-state index contributed by atoms with van der Waals surface area (Å²) in [7, 11) is 0. The van der Waals surface area contributed by atoms with E-state index in [-0.39, 0.29) is 5.91 Å². The smallest absolute Gasteiger partial charge is 0.239 e. The van der Waals surface area contributed by atoms with Crippen LogP contribution >= 0.6 is 0 Å². The minimum atomic E-state index is -0.423. The third-order valence-electron chi connectivity index (χ3n) is 2.30. The third-order valence-corrected chi connectivity index (χ3v) is 2.30. The molecule has 0 aliphatic carbocycles. The maximum atomic E-state index is 11.7. The number of carbonyl (C=O) groups excluding carboxylic acids is 1. The lowest BCUT2D eigenvalue weighted by molar-refractivity contribution is -0.132. The van der Waals surface area contributed by atoms with Crippen LogP contribution in [0.4, 0.5) is 0 Å². The van der Waals surface area contributed by atoms with Gasteiger partial charge < -0.3 is 10.6 Å². The van der Waals surface area contributed by atoms with E-state index < -0.39 is 6.04 Å². The van der Waals surface area contributed by atoms with Crippen molar-refractivity contribution in [2.24, 2.45) is 5.73 Å². The van der Waals surface area contributed by atoms with Crippen LogP contribution in [-0.2, 0) is 11.3 Å². The van der Waals surface area contributed by atoms with Crippen molar-refractivity contribution < 1.29 is 4.79 Å². The molecule has 0 unspecified atom stereocenters. The first kappa shape index (κ1) is 11.7. The van der Waals surface area contributed by atoms with Crippen molar-refractivity contribution in [3.05, 3.63) is 35.9 Å². The van der Waals surface area contributed by atoms with Crippen LogP contribution in [0, 0.1) is 0 Å². The second kappa shape index (κ2) is 5.51. The first-order valence-corrected chi connectivity index (χ1v) is 5.23. The first-order chi connectivity index (χ1) is 7.15. The Morgan fingerprint density at radius 3 is 2.47 bits per heavy atom. The summed E-state index contributed by atoms with van der Waals surface area (Å²) in [6, 6.07) is 9.51. The monoisotopic (exact) mass is 206 g/mol. The summed E-state index contributed by atoms with van der Waals surface area (Å²) in [5, 5.41) is 0. The van der Waals surface area contributed by atoms with Gasteiger partial charge in [-0.2, -0.15) is 0 Å². The van der Waals surface area contributed by atoms with E-state index in [2.05, 4.69) is 0 Å². The maximum absolute atomic E-state index is 11.7. The Kier molecular flexibility index (Phi) is 4.31. The zero-order valence-electron chi connectivity index (χ0n) is 9.31. The fourth-order valence-electron chi connectivity index (χ4n) is 1.44. The molecule has 0 saturated carbocycles. The zero-order valence-corrected chi connectivity index (χ0v) is 9.31. The number of hydrogen-bond acceptors (Lipinski definition) is 2. The van der Waals surface area contributed by atoms with Crippen molar-refractivity contribution in [3.63, 3.8) is 0 Å². The Bertz CT molecular complexity index is 309. The highest BCUT2D eigenvalue weighted by atomic mass is 16.2. The number of rotatable bonds is 4. The molecule has 0 spiro atoms. The van der Waals surface area contributed by atoms with Gasteiger partial charge in [-0.1, -0.05) is 30.3 Å². The van der Waals surface area contributed by atoms with Crippen molar-refractivity contribution in [3.8, 4) is 0 Å². The van der Waals surface area contributed by atoms with Crippen molar-refractivity contribution in [2.45, 2.75) is 26.4 Å². The van der Waals surface area contributed by atoms with Crippen molar-refractivity contribution in [1.29, 1.82) is 0 Å². The van der Waals surface area contributed by atoms with Gasteiger partial charge in [0.15, 0.2) is 0 Å². The third kappa shape index (κ3) is 3.36. The highest BCUT2D eigenvalue weighted by molar-refractivity contribution is 5.81. The molecule has 0 bridgehead atoms. The first-order valence-electron chi connectivity index (χ1n) is 5.23. The van der Waals surface area contributed by atoms with E-state index in [0.29, 0.717) is 13.1 Å². The van der Waals surface area contributed by atoms with Gasteiger partial charge in [-0.3, -0.25) is 4.79 Å². The van der Waals surface area contributed by atoms with Crippen molar-refractivity contribution in [2.75, 3.05) is 6.54 Å². The summed E-state index contributed by atoms with van der Waals surface area (Å²) in [6.45, 7) is 5.01. The molecule has 3 heteroatoms. The molecule has 3 nitrogen and oxygen atoms in total. The number of nitrogens with zero attached hydrogens (tertiary/aromatic N) is 1. The van der Waals surface area contributed by atoms with E-state index in [1.165, 1.54) is 0 Å². The molecular formula is C12H18N2O. The number of benzene rings is 1. The standard InChI is InChI=1S/C12H18N2O/c1-3-14(12(15)10(2)13)9-11-7-5-4-6-8-11/h4-8,10H,3,9,13H2,1-2H3/t10-/m0/s1. The lowest BCUT2D eigenvalue weighted by Crippen LogP contribution is -2.41. The number of nitrogens with two attached hydrogens (primary N) is 1. The fraction of sp³-hybridized carbons (Fsp3) is 0.417. The predicted octanol–water partition coefficient (Wildman–Crippen LogP) is 1.38. The summed E-state index contributed by atoms with van der Waals surface area (Å²) in [6.07, 6.45) is 0. The lowest BCUT2D eigenvalue weighted by atomic mass is 10.2. The molecule has 2 N–H and O–H groups in total. The number of carbonyl (C=O) groups is 1. The summed E-state index contributed by atoms with van der Waals surface area (Å²) in [5.74, 6) is 0.00125. The van der Waals surface area contributed by atoms with E-state index >= 15 is 0 Å².